The number of ketones is 1. The maximum Gasteiger partial charge on any atom is 0.414 e. The van der Waals surface area contributed by atoms with E-state index >= 15 is 0 Å². The predicted molar refractivity (Wildman–Crippen MR) is 132 cm³/mol. The summed E-state index contributed by atoms with van der Waals surface area (Å²) < 4.78 is 5.17. The Hall–Kier alpha value is -3.28. The molecule has 2 saturated heterocycles. The molecule has 2 aliphatic heterocycles. The molecule has 1 aromatic carbocycles. The lowest BCUT2D eigenvalue weighted by Crippen LogP contribution is -2.58. The van der Waals surface area contributed by atoms with Gasteiger partial charge in [-0.3, -0.25) is 14.5 Å². The number of hydrogen-bond acceptors (Lipinski definition) is 8. The van der Waals surface area contributed by atoms with Crippen molar-refractivity contribution in [3.8, 4) is 5.75 Å². The number of ether oxygens (including phenoxy) is 1. The van der Waals surface area contributed by atoms with Crippen molar-refractivity contribution in [2.75, 3.05) is 33.3 Å². The van der Waals surface area contributed by atoms with Crippen LogP contribution >= 0.6 is 11.3 Å². The summed E-state index contributed by atoms with van der Waals surface area (Å²) >= 11 is 1.45. The number of hydrogen-bond donors (Lipinski definition) is 3. The largest absolute Gasteiger partial charge is 0.497 e. The van der Waals surface area contributed by atoms with Crippen molar-refractivity contribution in [2.45, 2.75) is 31.4 Å². The molecule has 3 N–H and O–H groups in total. The molecule has 194 valence electrons. The number of aliphatic hydroxyl groups excluding tert-OH is 1. The van der Waals surface area contributed by atoms with Crippen LogP contribution in [-0.4, -0.2) is 94.2 Å². The molecule has 3 heterocycles. The van der Waals surface area contributed by atoms with Gasteiger partial charge in [0.15, 0.2) is 5.78 Å². The lowest BCUT2D eigenvalue weighted by Gasteiger charge is -2.44. The van der Waals surface area contributed by atoms with E-state index in [4.69, 9.17) is 24.5 Å². The number of carboxylic acid groups (broad SMARTS) is 2. The van der Waals surface area contributed by atoms with Gasteiger partial charge in [-0.05, 0) is 68.1 Å². The molecule has 0 bridgehead atoms. The minimum absolute atomic E-state index is 0.000711. The molecule has 0 saturated carbocycles. The number of rotatable bonds is 5. The number of carbonyl (C=O) groups excluding carboxylic acids is 2. The van der Waals surface area contributed by atoms with E-state index in [0.717, 1.165) is 42.1 Å². The summed E-state index contributed by atoms with van der Waals surface area (Å²) in [6.07, 6.45) is 1.69. The van der Waals surface area contributed by atoms with Crippen LogP contribution in [0.15, 0.2) is 41.8 Å². The summed E-state index contributed by atoms with van der Waals surface area (Å²) in [6.45, 7) is 2.64. The Morgan fingerprint density at radius 1 is 0.944 bits per heavy atom. The van der Waals surface area contributed by atoms with Gasteiger partial charge in [-0.25, -0.2) is 9.59 Å². The zero-order chi connectivity index (χ0) is 26.2. The molecule has 2 atom stereocenters. The first-order valence-electron chi connectivity index (χ1n) is 11.6. The van der Waals surface area contributed by atoms with Gasteiger partial charge < -0.3 is 25.0 Å². The van der Waals surface area contributed by atoms with Gasteiger partial charge in [0, 0.05) is 24.6 Å². The van der Waals surface area contributed by atoms with Gasteiger partial charge in [-0.2, -0.15) is 0 Å². The number of benzene rings is 1. The molecule has 11 heteroatoms. The molecule has 1 amide bonds. The minimum Gasteiger partial charge on any atom is -0.497 e. The van der Waals surface area contributed by atoms with E-state index in [2.05, 4.69) is 4.90 Å². The number of nitrogens with zero attached hydrogens (tertiary/aromatic N) is 2. The molecule has 10 nitrogen and oxygen atoms in total. The van der Waals surface area contributed by atoms with E-state index in [0.29, 0.717) is 19.5 Å². The molecule has 2 fully saturated rings. The second kappa shape index (κ2) is 12.6. The van der Waals surface area contributed by atoms with Crippen molar-refractivity contribution in [3.63, 3.8) is 0 Å². The second-order valence-corrected chi connectivity index (χ2v) is 9.61. The Morgan fingerprint density at radius 2 is 1.58 bits per heavy atom. The van der Waals surface area contributed by atoms with Gasteiger partial charge in [0.25, 0.3) is 5.91 Å². The Morgan fingerprint density at radius 3 is 2.11 bits per heavy atom. The number of aliphatic hydroxyl groups is 1. The van der Waals surface area contributed by atoms with Crippen molar-refractivity contribution in [1.29, 1.82) is 0 Å². The highest BCUT2D eigenvalue weighted by atomic mass is 32.1. The first-order valence-corrected chi connectivity index (χ1v) is 12.5. The van der Waals surface area contributed by atoms with Gasteiger partial charge in [0.1, 0.15) is 5.75 Å². The van der Waals surface area contributed by atoms with Crippen LogP contribution in [0.25, 0.3) is 0 Å². The average molecular weight is 519 g/mol. The molecule has 0 unspecified atom stereocenters. The van der Waals surface area contributed by atoms with Gasteiger partial charge >= 0.3 is 11.9 Å². The Labute approximate surface area is 212 Å². The standard InChI is InChI=1S/C23H28N2O4S.C2H2O4/c1-29-18-6-4-16(5-7-18)22(27)17-8-11-24(12-9-17)19-15-25(13-10-20(19)26)23(28)21-3-2-14-30-21;3-1(4)2(5)6/h2-7,14,17,19-20,26H,8-13,15H2,1H3;(H,3,4)(H,5,6)/t19-,20-;/m1./s1. The maximum atomic E-state index is 12.9. The van der Waals surface area contributed by atoms with Crippen LogP contribution in [0.4, 0.5) is 0 Å². The van der Waals surface area contributed by atoms with Crippen molar-refractivity contribution in [3.05, 3.63) is 52.2 Å². The number of amides is 1. The van der Waals surface area contributed by atoms with E-state index in [1.165, 1.54) is 11.3 Å². The zero-order valence-corrected chi connectivity index (χ0v) is 20.7. The van der Waals surface area contributed by atoms with Crippen LogP contribution in [0.5, 0.6) is 5.75 Å². The van der Waals surface area contributed by atoms with Crippen LogP contribution in [0.1, 0.15) is 39.3 Å². The molecule has 1 aromatic heterocycles. The smallest absolute Gasteiger partial charge is 0.414 e. The van der Waals surface area contributed by atoms with Crippen LogP contribution in [-0.2, 0) is 9.59 Å². The number of methoxy groups -OCH3 is 1. The lowest BCUT2D eigenvalue weighted by atomic mass is 9.87. The fraction of sp³-hybridized carbons (Fsp3) is 0.440. The lowest BCUT2D eigenvalue weighted by molar-refractivity contribution is -0.159. The fourth-order valence-corrected chi connectivity index (χ4v) is 5.19. The fourth-order valence-electron chi connectivity index (χ4n) is 4.50. The van der Waals surface area contributed by atoms with Crippen LogP contribution in [0, 0.1) is 5.92 Å². The van der Waals surface area contributed by atoms with Crippen molar-refractivity contribution >= 4 is 35.0 Å². The predicted octanol–water partition coefficient (Wildman–Crippen LogP) is 2.08. The summed E-state index contributed by atoms with van der Waals surface area (Å²) in [5.74, 6) is -2.68. The van der Waals surface area contributed by atoms with Crippen LogP contribution in [0.2, 0.25) is 0 Å². The maximum absolute atomic E-state index is 12.9. The Bertz CT molecular complexity index is 1040. The molecule has 36 heavy (non-hydrogen) atoms. The van der Waals surface area contributed by atoms with Crippen molar-refractivity contribution in [2.24, 2.45) is 5.92 Å². The highest BCUT2D eigenvalue weighted by molar-refractivity contribution is 7.12. The molecule has 0 spiro atoms. The molecular formula is C25H30N2O8S. The number of Topliss-reactive ketones (excluding diaryl/α,β-unsaturated/α-hetero) is 1. The van der Waals surface area contributed by atoms with E-state index in [-0.39, 0.29) is 23.7 Å². The third kappa shape index (κ3) is 6.90. The summed E-state index contributed by atoms with van der Waals surface area (Å²) in [5, 5.41) is 27.3. The third-order valence-corrected chi connectivity index (χ3v) is 7.35. The normalized spacial score (nSPS) is 20.7. The quantitative estimate of drug-likeness (QED) is 0.400. The molecular weight excluding hydrogens is 488 g/mol. The summed E-state index contributed by atoms with van der Waals surface area (Å²) in [5.41, 5.74) is 0.722. The van der Waals surface area contributed by atoms with Gasteiger partial charge in [0.05, 0.1) is 24.1 Å². The zero-order valence-electron chi connectivity index (χ0n) is 19.9. The first-order chi connectivity index (χ1) is 17.2. The van der Waals surface area contributed by atoms with Crippen molar-refractivity contribution < 1.29 is 39.2 Å². The molecule has 2 aromatic rings. The summed E-state index contributed by atoms with van der Waals surface area (Å²) in [6, 6.07) is 11.0. The van der Waals surface area contributed by atoms with E-state index in [1.807, 2.05) is 46.7 Å². The van der Waals surface area contributed by atoms with Gasteiger partial charge in [-0.15, -0.1) is 11.3 Å². The average Bonchev–Trinajstić information content (AvgIpc) is 3.44. The van der Waals surface area contributed by atoms with Gasteiger partial charge in [0.2, 0.25) is 0 Å². The summed E-state index contributed by atoms with van der Waals surface area (Å²) in [7, 11) is 1.61. The number of likely N-dealkylation sites (tertiary alicyclic amines) is 2. The molecule has 4 rings (SSSR count). The molecule has 0 radical (unpaired) electrons. The summed E-state index contributed by atoms with van der Waals surface area (Å²) in [4.78, 5) is 48.6. The van der Waals surface area contributed by atoms with E-state index in [9.17, 15) is 14.7 Å². The molecule has 2 aliphatic rings. The highest BCUT2D eigenvalue weighted by Gasteiger charge is 2.37. The number of carboxylic acids is 2. The number of thiophene rings is 1. The Kier molecular flexibility index (Phi) is 9.57. The first kappa shape index (κ1) is 27.3. The second-order valence-electron chi connectivity index (χ2n) is 8.67. The van der Waals surface area contributed by atoms with Gasteiger partial charge in [-0.1, -0.05) is 6.07 Å². The topological polar surface area (TPSA) is 145 Å². The van der Waals surface area contributed by atoms with E-state index in [1.54, 1.807) is 7.11 Å². The number of carbonyl (C=O) groups is 4. The molecule has 0 aliphatic carbocycles. The van der Waals surface area contributed by atoms with Crippen LogP contribution < -0.4 is 4.74 Å². The van der Waals surface area contributed by atoms with E-state index < -0.39 is 18.0 Å². The highest BCUT2D eigenvalue weighted by Crippen LogP contribution is 2.27. The van der Waals surface area contributed by atoms with Crippen molar-refractivity contribution in [1.82, 2.24) is 9.80 Å². The number of aliphatic carboxylic acids is 2. The SMILES string of the molecule is COc1ccc(C(=O)C2CCN([C@@H]3CN(C(=O)c4cccs4)CC[C@H]3O)CC2)cc1.O=C(O)C(=O)O. The Balaban J connectivity index is 0.000000538. The third-order valence-electron chi connectivity index (χ3n) is 6.49. The minimum atomic E-state index is -1.82. The van der Waals surface area contributed by atoms with Crippen LogP contribution in [0.3, 0.4) is 0 Å². The number of piperidine rings is 2. The monoisotopic (exact) mass is 518 g/mol.